The van der Waals surface area contributed by atoms with Gasteiger partial charge in [0.25, 0.3) is 5.69 Å². The largest absolute Gasteiger partial charge is 0.353 e. The predicted octanol–water partition coefficient (Wildman–Crippen LogP) is 5.58. The van der Waals surface area contributed by atoms with Crippen molar-refractivity contribution in [3.63, 3.8) is 0 Å². The van der Waals surface area contributed by atoms with E-state index in [4.69, 9.17) is 0 Å². The number of thioether (sulfide) groups is 1. The van der Waals surface area contributed by atoms with Crippen molar-refractivity contribution >= 4 is 39.2 Å². The van der Waals surface area contributed by atoms with Crippen LogP contribution in [-0.2, 0) is 10.5 Å². The third kappa shape index (κ3) is 4.48. The molecular weight excluding hydrogens is 466 g/mol. The van der Waals surface area contributed by atoms with Gasteiger partial charge in [0.05, 0.1) is 27.5 Å². The monoisotopic (exact) mass is 483 g/mol. The molecule has 1 aliphatic heterocycles. The molecule has 1 aliphatic rings. The maximum atomic E-state index is 12.4. The molecule has 1 atom stereocenters. The zero-order valence-corrected chi connectivity index (χ0v) is 18.7. The van der Waals surface area contributed by atoms with Gasteiger partial charge >= 0.3 is 0 Å². The van der Waals surface area contributed by atoms with Crippen LogP contribution < -0.4 is 5.32 Å². The van der Waals surface area contributed by atoms with E-state index in [9.17, 15) is 20.2 Å². The molecule has 0 radical (unpaired) electrons. The summed E-state index contributed by atoms with van der Waals surface area (Å²) in [5, 5.41) is 25.4. The molecule has 0 unspecified atom stereocenters. The lowest BCUT2D eigenvalue weighted by molar-refractivity contribution is -0.385. The number of nitro groups is 1. The minimum absolute atomic E-state index is 0.111. The Labute approximate surface area is 187 Å². The highest BCUT2D eigenvalue weighted by molar-refractivity contribution is 9.10. The maximum absolute atomic E-state index is 12.4. The summed E-state index contributed by atoms with van der Waals surface area (Å²) >= 11 is 4.88. The number of benzene rings is 2. The summed E-state index contributed by atoms with van der Waals surface area (Å²) in [6.07, 6.45) is 0. The van der Waals surface area contributed by atoms with Gasteiger partial charge in [-0.2, -0.15) is 5.26 Å². The van der Waals surface area contributed by atoms with Crippen LogP contribution >= 0.6 is 27.7 Å². The van der Waals surface area contributed by atoms with Gasteiger partial charge in [0.15, 0.2) is 5.78 Å². The number of halogens is 1. The van der Waals surface area contributed by atoms with Crippen LogP contribution in [0.4, 0.5) is 5.69 Å². The number of allylic oxidation sites excluding steroid dienone is 3. The molecule has 2 aromatic carbocycles. The van der Waals surface area contributed by atoms with E-state index in [1.165, 1.54) is 24.8 Å². The number of nitrogens with zero attached hydrogens (tertiary/aromatic N) is 2. The van der Waals surface area contributed by atoms with Gasteiger partial charge in [0.1, 0.15) is 0 Å². The number of rotatable bonds is 6. The highest BCUT2D eigenvalue weighted by atomic mass is 79.9. The number of nitro benzene ring substituents is 1. The van der Waals surface area contributed by atoms with Gasteiger partial charge < -0.3 is 5.32 Å². The molecule has 0 aromatic heterocycles. The Hall–Kier alpha value is -2.89. The lowest BCUT2D eigenvalue weighted by atomic mass is 9.80. The quantitative estimate of drug-likeness (QED) is 0.425. The summed E-state index contributed by atoms with van der Waals surface area (Å²) in [6, 6.07) is 16.3. The standard InChI is InChI=1S/C22H18BrN3O3S/c1-13-20(14(2)27)21(17-8-3-4-9-19(17)26(28)29)18(11-24)22(25-13)30-12-15-6-5-7-16(23)10-15/h3-10,21,25H,12H2,1-2H3/t21-/m1/s1. The van der Waals surface area contributed by atoms with Gasteiger partial charge in [0.2, 0.25) is 0 Å². The fraction of sp³-hybridized carbons (Fsp3) is 0.182. The fourth-order valence-corrected chi connectivity index (χ4v) is 4.97. The third-order valence-corrected chi connectivity index (χ3v) is 6.32. The molecule has 3 rings (SSSR count). The van der Waals surface area contributed by atoms with Crippen LogP contribution in [0.15, 0.2) is 74.9 Å². The van der Waals surface area contributed by atoms with Gasteiger partial charge in [-0.05, 0) is 31.5 Å². The summed E-state index contributed by atoms with van der Waals surface area (Å²) in [5.41, 5.74) is 2.56. The molecule has 0 spiro atoms. The van der Waals surface area contributed by atoms with Crippen molar-refractivity contribution in [2.75, 3.05) is 0 Å². The minimum Gasteiger partial charge on any atom is -0.353 e. The maximum Gasteiger partial charge on any atom is 0.273 e. The van der Waals surface area contributed by atoms with Crippen LogP contribution in [0.3, 0.4) is 0 Å². The van der Waals surface area contributed by atoms with Crippen LogP contribution in [0.5, 0.6) is 0 Å². The number of nitrogens with one attached hydrogen (secondary N) is 1. The Morgan fingerprint density at radius 1 is 1.30 bits per heavy atom. The minimum atomic E-state index is -0.791. The Kier molecular flexibility index (Phi) is 6.75. The summed E-state index contributed by atoms with van der Waals surface area (Å²) in [7, 11) is 0. The molecule has 0 saturated carbocycles. The van der Waals surface area contributed by atoms with Gasteiger partial charge in [-0.25, -0.2) is 0 Å². The van der Waals surface area contributed by atoms with Gasteiger partial charge in [0, 0.05) is 33.1 Å². The zero-order valence-electron chi connectivity index (χ0n) is 16.3. The molecule has 30 heavy (non-hydrogen) atoms. The summed E-state index contributed by atoms with van der Waals surface area (Å²) in [6.45, 7) is 3.17. The summed E-state index contributed by atoms with van der Waals surface area (Å²) in [5.74, 6) is -0.425. The number of carbonyl (C=O) groups is 1. The van der Waals surface area contributed by atoms with Crippen LogP contribution in [-0.4, -0.2) is 10.7 Å². The van der Waals surface area contributed by atoms with E-state index in [0.717, 1.165) is 10.0 Å². The molecular formula is C22H18BrN3O3S. The van der Waals surface area contributed by atoms with Crippen molar-refractivity contribution in [2.45, 2.75) is 25.5 Å². The van der Waals surface area contributed by atoms with Crippen LogP contribution in [0.25, 0.3) is 0 Å². The molecule has 1 N–H and O–H groups in total. The predicted molar refractivity (Wildman–Crippen MR) is 120 cm³/mol. The van der Waals surface area contributed by atoms with E-state index in [1.807, 2.05) is 24.3 Å². The molecule has 8 heteroatoms. The molecule has 152 valence electrons. The highest BCUT2D eigenvalue weighted by Crippen LogP contribution is 2.44. The Morgan fingerprint density at radius 2 is 2.03 bits per heavy atom. The summed E-state index contributed by atoms with van der Waals surface area (Å²) in [4.78, 5) is 23.6. The SMILES string of the molecule is CC(=O)C1=C(C)NC(SCc2cccc(Br)c2)=C(C#N)[C@H]1c1ccccc1[N+](=O)[O-]. The topological polar surface area (TPSA) is 96.0 Å². The highest BCUT2D eigenvalue weighted by Gasteiger charge is 2.36. The average Bonchev–Trinajstić information content (AvgIpc) is 2.71. The van der Waals surface area contributed by atoms with Gasteiger partial charge in [-0.15, -0.1) is 11.8 Å². The number of hydrogen-bond donors (Lipinski definition) is 1. The molecule has 0 aliphatic carbocycles. The second kappa shape index (κ2) is 9.28. The second-order valence-corrected chi connectivity index (χ2v) is 8.64. The van der Waals surface area contributed by atoms with E-state index in [-0.39, 0.29) is 11.5 Å². The van der Waals surface area contributed by atoms with E-state index in [1.54, 1.807) is 25.1 Å². The first kappa shape index (κ1) is 21.8. The lowest BCUT2D eigenvalue weighted by Crippen LogP contribution is -2.27. The van der Waals surface area contributed by atoms with Crippen molar-refractivity contribution < 1.29 is 9.72 Å². The van der Waals surface area contributed by atoms with Crippen molar-refractivity contribution in [3.8, 4) is 6.07 Å². The van der Waals surface area contributed by atoms with E-state index in [2.05, 4.69) is 27.3 Å². The number of Topliss-reactive ketones (excluding diaryl/α,β-unsaturated/α-hetero) is 1. The number of ketones is 1. The van der Waals surface area contributed by atoms with Gasteiger partial charge in [-0.1, -0.05) is 46.3 Å². The van der Waals surface area contributed by atoms with Crippen molar-refractivity contribution in [1.29, 1.82) is 5.26 Å². The Balaban J connectivity index is 2.10. The smallest absolute Gasteiger partial charge is 0.273 e. The van der Waals surface area contributed by atoms with Crippen molar-refractivity contribution in [2.24, 2.45) is 0 Å². The number of para-hydroxylation sites is 1. The molecule has 0 amide bonds. The van der Waals surface area contributed by atoms with Crippen molar-refractivity contribution in [3.05, 3.63) is 96.1 Å². The first-order valence-corrected chi connectivity index (χ1v) is 10.8. The zero-order chi connectivity index (χ0) is 21.8. The number of carbonyl (C=O) groups excluding carboxylic acids is 1. The van der Waals surface area contributed by atoms with Crippen LogP contribution in [0, 0.1) is 21.4 Å². The molecule has 6 nitrogen and oxygen atoms in total. The first-order valence-electron chi connectivity index (χ1n) is 9.07. The fourth-order valence-electron chi connectivity index (χ4n) is 3.48. The normalized spacial score (nSPS) is 16.1. The molecule has 0 fully saturated rings. The Morgan fingerprint density at radius 3 is 2.67 bits per heavy atom. The molecule has 2 aromatic rings. The van der Waals surface area contributed by atoms with Crippen LogP contribution in [0.1, 0.15) is 30.9 Å². The number of hydrogen-bond acceptors (Lipinski definition) is 6. The third-order valence-electron chi connectivity index (χ3n) is 4.74. The van der Waals surface area contributed by atoms with Gasteiger partial charge in [-0.3, -0.25) is 14.9 Å². The number of nitriles is 1. The number of dihydropyridines is 1. The second-order valence-electron chi connectivity index (χ2n) is 6.74. The molecule has 1 heterocycles. The van der Waals surface area contributed by atoms with E-state index in [0.29, 0.717) is 33.2 Å². The van der Waals surface area contributed by atoms with E-state index < -0.39 is 10.8 Å². The van der Waals surface area contributed by atoms with Crippen LogP contribution in [0.2, 0.25) is 0 Å². The first-order chi connectivity index (χ1) is 14.3. The average molecular weight is 484 g/mol. The van der Waals surface area contributed by atoms with Crippen molar-refractivity contribution in [1.82, 2.24) is 5.32 Å². The molecule has 0 saturated heterocycles. The van der Waals surface area contributed by atoms with E-state index >= 15 is 0 Å². The lowest BCUT2D eigenvalue weighted by Gasteiger charge is -2.29. The summed E-state index contributed by atoms with van der Waals surface area (Å²) < 4.78 is 0.958. The molecule has 0 bridgehead atoms. The Bertz CT molecular complexity index is 1130.